The molecule has 0 saturated heterocycles. The monoisotopic (exact) mass is 398 g/mol. The summed E-state index contributed by atoms with van der Waals surface area (Å²) in [4.78, 5) is 24.3. The summed E-state index contributed by atoms with van der Waals surface area (Å²) in [6.07, 6.45) is 2.24. The fraction of sp³-hybridized carbons (Fsp3) is 0.211. The number of methoxy groups -OCH3 is 1. The number of hydrogen-bond acceptors (Lipinski definition) is 6. The van der Waals surface area contributed by atoms with Gasteiger partial charge in [-0.3, -0.25) is 4.79 Å². The topological polar surface area (TPSA) is 118 Å². The number of nitrogens with one attached hydrogen (secondary N) is 3. The van der Waals surface area contributed by atoms with Gasteiger partial charge in [-0.1, -0.05) is 17.7 Å². The fourth-order valence-corrected chi connectivity index (χ4v) is 3.64. The van der Waals surface area contributed by atoms with Crippen molar-refractivity contribution in [2.24, 2.45) is 0 Å². The SMILES string of the molecule is COc1c(Cl)cccc1Nc1c(-c2ccnc(N)n2)[nH]c2c1C(=O)N[C@@H](C)C2. The average Bonchev–Trinajstić information content (AvgIpc) is 3.00. The van der Waals surface area contributed by atoms with Crippen molar-refractivity contribution in [3.8, 4) is 17.1 Å². The smallest absolute Gasteiger partial charge is 0.255 e. The van der Waals surface area contributed by atoms with Crippen molar-refractivity contribution in [3.63, 3.8) is 0 Å². The standard InChI is InChI=1S/C19H19ClN6O2/c1-9-8-13-14(18(27)23-9)16(15(25-13)11-6-7-22-19(21)26-11)24-12-5-3-4-10(20)17(12)28-2/h3-7,9,24-25H,8H2,1-2H3,(H,23,27)(H2,21,22,26)/t9-/m0/s1. The highest BCUT2D eigenvalue weighted by Crippen LogP contribution is 2.40. The number of halogens is 1. The van der Waals surface area contributed by atoms with Crippen molar-refractivity contribution in [2.75, 3.05) is 18.2 Å². The molecule has 0 unspecified atom stereocenters. The number of carbonyl (C=O) groups is 1. The summed E-state index contributed by atoms with van der Waals surface area (Å²) < 4.78 is 5.43. The van der Waals surface area contributed by atoms with Gasteiger partial charge in [-0.2, -0.15) is 0 Å². The van der Waals surface area contributed by atoms with Gasteiger partial charge in [-0.15, -0.1) is 0 Å². The highest BCUT2D eigenvalue weighted by molar-refractivity contribution is 6.32. The first-order valence-corrected chi connectivity index (χ1v) is 9.09. The van der Waals surface area contributed by atoms with Gasteiger partial charge in [0, 0.05) is 24.4 Å². The Morgan fingerprint density at radius 2 is 2.18 bits per heavy atom. The number of nitrogens with two attached hydrogens (primary N) is 1. The molecule has 0 radical (unpaired) electrons. The first-order valence-electron chi connectivity index (χ1n) is 8.72. The number of benzene rings is 1. The number of aromatic nitrogens is 3. The first kappa shape index (κ1) is 18.1. The molecule has 1 aliphatic rings. The molecule has 28 heavy (non-hydrogen) atoms. The van der Waals surface area contributed by atoms with Gasteiger partial charge in [0.05, 0.1) is 40.5 Å². The van der Waals surface area contributed by atoms with Gasteiger partial charge in [0.25, 0.3) is 5.91 Å². The maximum Gasteiger partial charge on any atom is 0.255 e. The Bertz CT molecular complexity index is 1060. The third-order valence-electron chi connectivity index (χ3n) is 4.55. The van der Waals surface area contributed by atoms with E-state index >= 15 is 0 Å². The molecule has 8 nitrogen and oxygen atoms in total. The summed E-state index contributed by atoms with van der Waals surface area (Å²) in [7, 11) is 1.54. The minimum Gasteiger partial charge on any atom is -0.493 e. The highest BCUT2D eigenvalue weighted by atomic mass is 35.5. The van der Waals surface area contributed by atoms with E-state index in [9.17, 15) is 4.79 Å². The average molecular weight is 399 g/mol. The zero-order valence-corrected chi connectivity index (χ0v) is 16.1. The van der Waals surface area contributed by atoms with Gasteiger partial charge < -0.3 is 26.1 Å². The molecule has 1 amide bonds. The van der Waals surface area contributed by atoms with Gasteiger partial charge in [0.15, 0.2) is 5.75 Å². The molecule has 0 fully saturated rings. The van der Waals surface area contributed by atoms with Gasteiger partial charge in [-0.05, 0) is 25.1 Å². The number of nitrogens with zero attached hydrogens (tertiary/aromatic N) is 2. The molecule has 0 aliphatic carbocycles. The van der Waals surface area contributed by atoms with Gasteiger partial charge in [0.1, 0.15) is 0 Å². The molecule has 9 heteroatoms. The van der Waals surface area contributed by atoms with E-state index in [4.69, 9.17) is 22.1 Å². The van der Waals surface area contributed by atoms with Crippen molar-refractivity contribution in [1.82, 2.24) is 20.3 Å². The van der Waals surface area contributed by atoms with Crippen molar-refractivity contribution >= 4 is 34.8 Å². The zero-order chi connectivity index (χ0) is 19.8. The quantitative estimate of drug-likeness (QED) is 0.536. The lowest BCUT2D eigenvalue weighted by Gasteiger charge is -2.21. The Morgan fingerprint density at radius 3 is 2.93 bits per heavy atom. The van der Waals surface area contributed by atoms with Crippen LogP contribution < -0.4 is 21.1 Å². The molecular weight excluding hydrogens is 380 g/mol. The lowest BCUT2D eigenvalue weighted by molar-refractivity contribution is 0.0930. The minimum absolute atomic E-state index is 0.0236. The summed E-state index contributed by atoms with van der Waals surface area (Å²) >= 11 is 6.25. The normalized spacial score (nSPS) is 15.7. The number of hydrogen-bond donors (Lipinski definition) is 4. The van der Waals surface area contributed by atoms with Crippen LogP contribution in [-0.4, -0.2) is 34.0 Å². The predicted molar refractivity (Wildman–Crippen MR) is 108 cm³/mol. The third-order valence-corrected chi connectivity index (χ3v) is 4.85. The Hall–Kier alpha value is -3.26. The summed E-state index contributed by atoms with van der Waals surface area (Å²) in [6.45, 7) is 1.96. The second-order valence-electron chi connectivity index (χ2n) is 6.55. The maximum atomic E-state index is 12.8. The van der Waals surface area contributed by atoms with Crippen molar-refractivity contribution < 1.29 is 9.53 Å². The molecule has 1 aromatic carbocycles. The van der Waals surface area contributed by atoms with Gasteiger partial charge in [0.2, 0.25) is 5.95 Å². The fourth-order valence-electron chi connectivity index (χ4n) is 3.39. The van der Waals surface area contributed by atoms with Crippen LogP contribution in [0.5, 0.6) is 5.75 Å². The molecule has 1 aliphatic heterocycles. The molecule has 0 spiro atoms. The van der Waals surface area contributed by atoms with Gasteiger partial charge in [-0.25, -0.2) is 9.97 Å². The highest BCUT2D eigenvalue weighted by Gasteiger charge is 2.30. The van der Waals surface area contributed by atoms with Crippen LogP contribution in [0.25, 0.3) is 11.4 Å². The predicted octanol–water partition coefficient (Wildman–Crippen LogP) is 3.13. The molecule has 5 N–H and O–H groups in total. The van der Waals surface area contributed by atoms with Crippen LogP contribution in [0.15, 0.2) is 30.5 Å². The van der Waals surface area contributed by atoms with Crippen molar-refractivity contribution in [1.29, 1.82) is 0 Å². The van der Waals surface area contributed by atoms with E-state index in [1.807, 2.05) is 13.0 Å². The molecular formula is C19H19ClN6O2. The third kappa shape index (κ3) is 3.11. The van der Waals surface area contributed by atoms with E-state index in [1.165, 1.54) is 0 Å². The minimum atomic E-state index is -0.165. The number of H-pyrrole nitrogens is 1. The lowest BCUT2D eigenvalue weighted by Crippen LogP contribution is -2.39. The van der Waals surface area contributed by atoms with E-state index < -0.39 is 0 Å². The number of rotatable bonds is 4. The lowest BCUT2D eigenvalue weighted by atomic mass is 10.0. The zero-order valence-electron chi connectivity index (χ0n) is 15.3. The summed E-state index contributed by atoms with van der Waals surface area (Å²) in [5.74, 6) is 0.466. The molecule has 144 valence electrons. The van der Waals surface area contributed by atoms with Crippen molar-refractivity contribution in [2.45, 2.75) is 19.4 Å². The summed E-state index contributed by atoms with van der Waals surface area (Å²) in [5, 5.41) is 6.73. The number of amides is 1. The van der Waals surface area contributed by atoms with E-state index in [2.05, 4.69) is 25.6 Å². The molecule has 2 aromatic heterocycles. The first-order chi connectivity index (χ1) is 13.5. The maximum absolute atomic E-state index is 12.8. The Morgan fingerprint density at radius 1 is 1.36 bits per heavy atom. The molecule has 1 atom stereocenters. The Kier molecular flexibility index (Phi) is 4.56. The molecule has 3 heterocycles. The number of para-hydroxylation sites is 1. The molecule has 3 aromatic rings. The van der Waals surface area contributed by atoms with Crippen LogP contribution in [0.3, 0.4) is 0 Å². The summed E-state index contributed by atoms with van der Waals surface area (Å²) in [5.41, 5.74) is 9.55. The van der Waals surface area contributed by atoms with Crippen LogP contribution in [0, 0.1) is 0 Å². The number of ether oxygens (including phenoxy) is 1. The summed E-state index contributed by atoms with van der Waals surface area (Å²) in [6, 6.07) is 7.12. The number of anilines is 3. The van der Waals surface area contributed by atoms with Crippen LogP contribution >= 0.6 is 11.6 Å². The number of aromatic amines is 1. The van der Waals surface area contributed by atoms with E-state index in [0.29, 0.717) is 45.5 Å². The Labute approximate surface area is 166 Å². The number of fused-ring (bicyclic) bond motifs is 1. The van der Waals surface area contributed by atoms with Crippen LogP contribution in [-0.2, 0) is 6.42 Å². The largest absolute Gasteiger partial charge is 0.493 e. The van der Waals surface area contributed by atoms with E-state index in [0.717, 1.165) is 5.69 Å². The molecule has 0 saturated carbocycles. The van der Waals surface area contributed by atoms with E-state index in [-0.39, 0.29) is 17.9 Å². The molecule has 0 bridgehead atoms. The number of carbonyl (C=O) groups excluding carboxylic acids is 1. The van der Waals surface area contributed by atoms with Crippen LogP contribution in [0.1, 0.15) is 23.0 Å². The number of nitrogen functional groups attached to an aromatic ring is 1. The van der Waals surface area contributed by atoms with Crippen molar-refractivity contribution in [3.05, 3.63) is 46.7 Å². The van der Waals surface area contributed by atoms with E-state index in [1.54, 1.807) is 31.5 Å². The Balaban J connectivity index is 1.90. The van der Waals surface area contributed by atoms with Crippen LogP contribution in [0.2, 0.25) is 5.02 Å². The van der Waals surface area contributed by atoms with Gasteiger partial charge >= 0.3 is 0 Å². The second-order valence-corrected chi connectivity index (χ2v) is 6.96. The second kappa shape index (κ2) is 7.05. The molecule has 4 rings (SSSR count). The van der Waals surface area contributed by atoms with Crippen LogP contribution in [0.4, 0.5) is 17.3 Å².